The molecule has 2 aromatic rings. The van der Waals surface area contributed by atoms with E-state index in [0.29, 0.717) is 39.3 Å². The first-order chi connectivity index (χ1) is 10.0. The van der Waals surface area contributed by atoms with Gasteiger partial charge in [0.25, 0.3) is 5.91 Å². The summed E-state index contributed by atoms with van der Waals surface area (Å²) in [5, 5.41) is 12.5. The number of carbonyl (C=O) groups excluding carboxylic acids is 1. The molecule has 0 saturated heterocycles. The number of nitrogen functional groups attached to an aromatic ring is 1. The van der Waals surface area contributed by atoms with E-state index >= 15 is 0 Å². The van der Waals surface area contributed by atoms with Gasteiger partial charge in [0.2, 0.25) is 0 Å². The zero-order valence-electron chi connectivity index (χ0n) is 11.8. The third kappa shape index (κ3) is 3.50. The first-order valence-electron chi connectivity index (χ1n) is 6.46. The summed E-state index contributed by atoms with van der Waals surface area (Å²) in [5.74, 6) is 0.339. The van der Waals surface area contributed by atoms with Crippen LogP contribution in [-0.2, 0) is 6.61 Å². The van der Waals surface area contributed by atoms with E-state index in [9.17, 15) is 9.90 Å². The van der Waals surface area contributed by atoms with Crippen LogP contribution in [0.25, 0.3) is 0 Å². The van der Waals surface area contributed by atoms with Crippen molar-refractivity contribution in [3.05, 3.63) is 34.3 Å². The second-order valence-corrected chi connectivity index (χ2v) is 5.37. The average Bonchev–Trinajstić information content (AvgIpc) is 2.79. The molecule has 0 aliphatic heterocycles. The van der Waals surface area contributed by atoms with Crippen molar-refractivity contribution >= 4 is 28.1 Å². The van der Waals surface area contributed by atoms with Crippen molar-refractivity contribution in [2.75, 3.05) is 17.7 Å². The molecule has 1 aromatic heterocycles. The predicted molar refractivity (Wildman–Crippen MR) is 82.8 cm³/mol. The lowest BCUT2D eigenvalue weighted by Crippen LogP contribution is -2.12. The Kier molecular flexibility index (Phi) is 4.77. The lowest BCUT2D eigenvalue weighted by atomic mass is 10.2. The minimum atomic E-state index is -0.269. The van der Waals surface area contributed by atoms with Crippen LogP contribution in [0, 0.1) is 6.92 Å². The van der Waals surface area contributed by atoms with E-state index in [4.69, 9.17) is 10.5 Å². The van der Waals surface area contributed by atoms with Crippen molar-refractivity contribution in [3.63, 3.8) is 0 Å². The molecule has 112 valence electrons. The number of aryl methyl sites for hydroxylation is 1. The van der Waals surface area contributed by atoms with Crippen LogP contribution in [-0.4, -0.2) is 22.6 Å². The average molecular weight is 307 g/mol. The SMILES string of the molecule is CCOc1ccc(NC(=O)c2sc(N)nc2C)cc1CO. The van der Waals surface area contributed by atoms with Gasteiger partial charge in [-0.3, -0.25) is 4.79 Å². The van der Waals surface area contributed by atoms with Gasteiger partial charge in [-0.1, -0.05) is 11.3 Å². The number of hydrogen-bond acceptors (Lipinski definition) is 6. The van der Waals surface area contributed by atoms with Crippen LogP contribution < -0.4 is 15.8 Å². The Morgan fingerprint density at radius 2 is 2.29 bits per heavy atom. The van der Waals surface area contributed by atoms with Gasteiger partial charge in [0.15, 0.2) is 5.13 Å². The Bertz CT molecular complexity index is 655. The molecule has 0 saturated carbocycles. The van der Waals surface area contributed by atoms with Crippen LogP contribution in [0.1, 0.15) is 27.9 Å². The van der Waals surface area contributed by atoms with Crippen molar-refractivity contribution in [3.8, 4) is 5.75 Å². The minimum Gasteiger partial charge on any atom is -0.494 e. The number of rotatable bonds is 5. The lowest BCUT2D eigenvalue weighted by Gasteiger charge is -2.11. The maximum atomic E-state index is 12.2. The molecule has 0 bridgehead atoms. The predicted octanol–water partition coefficient (Wildman–Crippen LogP) is 2.18. The molecule has 0 spiro atoms. The number of thiazole rings is 1. The number of nitrogens with one attached hydrogen (secondary N) is 1. The molecule has 0 fully saturated rings. The van der Waals surface area contributed by atoms with Crippen molar-refractivity contribution in [2.45, 2.75) is 20.5 Å². The fourth-order valence-electron chi connectivity index (χ4n) is 1.89. The number of hydrogen-bond donors (Lipinski definition) is 3. The van der Waals surface area contributed by atoms with Crippen LogP contribution in [0.5, 0.6) is 5.75 Å². The normalized spacial score (nSPS) is 10.4. The Labute approximate surface area is 126 Å². The second-order valence-electron chi connectivity index (χ2n) is 4.33. The Morgan fingerprint density at radius 3 is 2.86 bits per heavy atom. The smallest absolute Gasteiger partial charge is 0.267 e. The summed E-state index contributed by atoms with van der Waals surface area (Å²) in [4.78, 5) is 16.7. The molecule has 1 amide bonds. The molecule has 0 aliphatic rings. The second kappa shape index (κ2) is 6.55. The van der Waals surface area contributed by atoms with Crippen LogP contribution in [0.2, 0.25) is 0 Å². The number of nitrogens with zero attached hydrogens (tertiary/aromatic N) is 1. The van der Waals surface area contributed by atoms with Crippen molar-refractivity contribution < 1.29 is 14.6 Å². The van der Waals surface area contributed by atoms with Crippen LogP contribution >= 0.6 is 11.3 Å². The first kappa shape index (κ1) is 15.3. The minimum absolute atomic E-state index is 0.161. The van der Waals surface area contributed by atoms with Gasteiger partial charge in [0.05, 0.1) is 18.9 Å². The Balaban J connectivity index is 2.19. The fourth-order valence-corrected chi connectivity index (χ4v) is 2.62. The lowest BCUT2D eigenvalue weighted by molar-refractivity contribution is 0.102. The molecular formula is C14H17N3O3S. The van der Waals surface area contributed by atoms with Gasteiger partial charge in [-0.05, 0) is 32.0 Å². The highest BCUT2D eigenvalue weighted by molar-refractivity contribution is 7.17. The van der Waals surface area contributed by atoms with Gasteiger partial charge >= 0.3 is 0 Å². The molecule has 6 nitrogen and oxygen atoms in total. The molecule has 2 rings (SSSR count). The quantitative estimate of drug-likeness (QED) is 0.786. The summed E-state index contributed by atoms with van der Waals surface area (Å²) >= 11 is 1.14. The van der Waals surface area contributed by atoms with Crippen LogP contribution in [0.15, 0.2) is 18.2 Å². The highest BCUT2D eigenvalue weighted by atomic mass is 32.1. The van der Waals surface area contributed by atoms with Gasteiger partial charge in [0, 0.05) is 11.3 Å². The molecule has 0 unspecified atom stereocenters. The largest absolute Gasteiger partial charge is 0.494 e. The summed E-state index contributed by atoms with van der Waals surface area (Å²) in [6.45, 7) is 3.95. The van der Waals surface area contributed by atoms with E-state index in [1.807, 2.05) is 6.92 Å². The Morgan fingerprint density at radius 1 is 1.52 bits per heavy atom. The van der Waals surface area contributed by atoms with E-state index in [1.165, 1.54) is 0 Å². The number of anilines is 2. The third-order valence-corrected chi connectivity index (χ3v) is 3.79. The highest BCUT2D eigenvalue weighted by Crippen LogP contribution is 2.25. The summed E-state index contributed by atoms with van der Waals surface area (Å²) in [6, 6.07) is 5.13. The van der Waals surface area contributed by atoms with Gasteiger partial charge in [0.1, 0.15) is 10.6 Å². The molecule has 1 aromatic carbocycles. The van der Waals surface area contributed by atoms with Crippen molar-refractivity contribution in [1.82, 2.24) is 4.98 Å². The summed E-state index contributed by atoms with van der Waals surface area (Å²) in [6.07, 6.45) is 0. The van der Waals surface area contributed by atoms with Crippen LogP contribution in [0.4, 0.5) is 10.8 Å². The van der Waals surface area contributed by atoms with E-state index < -0.39 is 0 Å². The summed E-state index contributed by atoms with van der Waals surface area (Å²) in [5.41, 5.74) is 7.39. The van der Waals surface area contributed by atoms with Gasteiger partial charge in [-0.25, -0.2) is 4.98 Å². The van der Waals surface area contributed by atoms with Crippen molar-refractivity contribution in [1.29, 1.82) is 0 Å². The molecule has 7 heteroatoms. The summed E-state index contributed by atoms with van der Waals surface area (Å²) in [7, 11) is 0. The number of benzene rings is 1. The number of amides is 1. The topological polar surface area (TPSA) is 97.5 Å². The van der Waals surface area contributed by atoms with Gasteiger partial charge in [-0.15, -0.1) is 0 Å². The molecule has 4 N–H and O–H groups in total. The van der Waals surface area contributed by atoms with E-state index in [2.05, 4.69) is 10.3 Å². The number of ether oxygens (including phenoxy) is 1. The summed E-state index contributed by atoms with van der Waals surface area (Å²) < 4.78 is 5.40. The zero-order chi connectivity index (χ0) is 15.4. The van der Waals surface area contributed by atoms with Gasteiger partial charge in [-0.2, -0.15) is 0 Å². The van der Waals surface area contributed by atoms with Gasteiger partial charge < -0.3 is 20.9 Å². The van der Waals surface area contributed by atoms with E-state index in [-0.39, 0.29) is 12.5 Å². The number of aliphatic hydroxyl groups is 1. The van der Waals surface area contributed by atoms with E-state index in [0.717, 1.165) is 11.3 Å². The fraction of sp³-hybridized carbons (Fsp3) is 0.286. The standard InChI is InChI=1S/C14H17N3O3S/c1-3-20-11-5-4-10(6-9(11)7-18)17-13(19)12-8(2)16-14(15)21-12/h4-6,18H,3,7H2,1-2H3,(H2,15,16)(H,17,19). The van der Waals surface area contributed by atoms with Crippen LogP contribution in [0.3, 0.4) is 0 Å². The monoisotopic (exact) mass is 307 g/mol. The molecule has 21 heavy (non-hydrogen) atoms. The third-order valence-electron chi connectivity index (χ3n) is 2.81. The number of aromatic nitrogens is 1. The molecule has 0 atom stereocenters. The van der Waals surface area contributed by atoms with Crippen molar-refractivity contribution in [2.24, 2.45) is 0 Å². The molecular weight excluding hydrogens is 290 g/mol. The number of nitrogens with two attached hydrogens (primary N) is 1. The van der Waals surface area contributed by atoms with E-state index in [1.54, 1.807) is 25.1 Å². The molecule has 1 heterocycles. The number of carbonyl (C=O) groups is 1. The molecule has 0 radical (unpaired) electrons. The highest BCUT2D eigenvalue weighted by Gasteiger charge is 2.15. The zero-order valence-corrected chi connectivity index (χ0v) is 12.7. The maximum Gasteiger partial charge on any atom is 0.267 e. The maximum absolute atomic E-state index is 12.2. The first-order valence-corrected chi connectivity index (χ1v) is 7.27. The molecule has 0 aliphatic carbocycles. The number of aliphatic hydroxyl groups excluding tert-OH is 1. The Hall–Kier alpha value is -2.12.